The molecule has 0 unspecified atom stereocenters. The average Bonchev–Trinajstić information content (AvgIpc) is 2.58. The van der Waals surface area contributed by atoms with Crippen LogP contribution in [0.15, 0.2) is 36.4 Å². The molecule has 0 fully saturated rings. The Hall–Kier alpha value is -2.82. The van der Waals surface area contributed by atoms with E-state index in [0.717, 1.165) is 28.2 Å². The fourth-order valence-corrected chi connectivity index (χ4v) is 2.40. The molecule has 2 amide bonds. The van der Waals surface area contributed by atoms with Gasteiger partial charge < -0.3 is 16.0 Å². The van der Waals surface area contributed by atoms with Crippen molar-refractivity contribution in [2.24, 2.45) is 0 Å². The molecule has 0 radical (unpaired) electrons. The first-order valence-corrected chi connectivity index (χ1v) is 8.41. The zero-order chi connectivity index (χ0) is 18.4. The van der Waals surface area contributed by atoms with Crippen molar-refractivity contribution in [3.05, 3.63) is 53.1 Å². The highest BCUT2D eigenvalue weighted by Crippen LogP contribution is 2.23. The summed E-state index contributed by atoms with van der Waals surface area (Å²) in [4.78, 5) is 23.7. The van der Waals surface area contributed by atoms with Gasteiger partial charge >= 0.3 is 0 Å². The van der Waals surface area contributed by atoms with E-state index < -0.39 is 0 Å². The predicted molar refractivity (Wildman–Crippen MR) is 103 cm³/mol. The van der Waals surface area contributed by atoms with E-state index in [2.05, 4.69) is 16.0 Å². The number of anilines is 3. The van der Waals surface area contributed by atoms with Gasteiger partial charge in [0.15, 0.2) is 0 Å². The third-order valence-corrected chi connectivity index (χ3v) is 4.16. The van der Waals surface area contributed by atoms with Crippen molar-refractivity contribution in [3.63, 3.8) is 0 Å². The molecular weight excluding hydrogens is 314 g/mol. The highest BCUT2D eigenvalue weighted by atomic mass is 16.2. The second kappa shape index (κ2) is 8.33. The van der Waals surface area contributed by atoms with Crippen LogP contribution in [-0.2, 0) is 9.59 Å². The van der Waals surface area contributed by atoms with Crippen LogP contribution in [0, 0.1) is 20.8 Å². The lowest BCUT2D eigenvalue weighted by Gasteiger charge is -2.14. The smallest absolute Gasteiger partial charge is 0.243 e. The first kappa shape index (κ1) is 18.5. The molecule has 0 bridgehead atoms. The molecule has 0 atom stereocenters. The van der Waals surface area contributed by atoms with E-state index >= 15 is 0 Å². The van der Waals surface area contributed by atoms with Gasteiger partial charge in [-0.05, 0) is 61.7 Å². The molecular formula is C20H25N3O2. The summed E-state index contributed by atoms with van der Waals surface area (Å²) in [6.45, 7) is 7.93. The molecule has 25 heavy (non-hydrogen) atoms. The summed E-state index contributed by atoms with van der Waals surface area (Å²) in [6, 6.07) is 11.4. The molecule has 0 aliphatic rings. The fourth-order valence-electron chi connectivity index (χ4n) is 2.40. The van der Waals surface area contributed by atoms with Crippen LogP contribution in [0.4, 0.5) is 17.1 Å². The molecule has 5 heteroatoms. The lowest BCUT2D eigenvalue weighted by Crippen LogP contribution is -2.22. The number of aryl methyl sites for hydroxylation is 2. The van der Waals surface area contributed by atoms with Crippen molar-refractivity contribution >= 4 is 28.9 Å². The molecule has 0 aliphatic carbocycles. The number of hydrogen-bond acceptors (Lipinski definition) is 3. The average molecular weight is 339 g/mol. The standard InChI is InChI=1S/C20H25N3O2/c1-5-19(24)23-18-8-6-7-17(15(18)4)21-12-20(25)22-16-10-9-13(2)14(3)11-16/h6-11,21H,5,12H2,1-4H3,(H,22,25)(H,23,24). The van der Waals surface area contributed by atoms with E-state index in [1.807, 2.05) is 64.1 Å². The number of nitrogens with one attached hydrogen (secondary N) is 3. The second-order valence-corrected chi connectivity index (χ2v) is 6.08. The van der Waals surface area contributed by atoms with Crippen LogP contribution in [0.2, 0.25) is 0 Å². The van der Waals surface area contributed by atoms with Gasteiger partial charge in [0.1, 0.15) is 0 Å². The van der Waals surface area contributed by atoms with Gasteiger partial charge in [-0.1, -0.05) is 19.1 Å². The van der Waals surface area contributed by atoms with Crippen LogP contribution in [0.25, 0.3) is 0 Å². The maximum absolute atomic E-state index is 12.2. The topological polar surface area (TPSA) is 70.2 Å². The Bertz CT molecular complexity index is 785. The Morgan fingerprint density at radius 2 is 1.60 bits per heavy atom. The van der Waals surface area contributed by atoms with Crippen LogP contribution >= 0.6 is 0 Å². The van der Waals surface area contributed by atoms with Gasteiger partial charge in [-0.15, -0.1) is 0 Å². The number of carbonyl (C=O) groups excluding carboxylic acids is 2. The van der Waals surface area contributed by atoms with Gasteiger partial charge in [-0.2, -0.15) is 0 Å². The molecule has 0 aliphatic heterocycles. The largest absolute Gasteiger partial charge is 0.376 e. The monoisotopic (exact) mass is 339 g/mol. The highest BCUT2D eigenvalue weighted by Gasteiger charge is 2.08. The molecule has 2 rings (SSSR count). The van der Waals surface area contributed by atoms with Crippen molar-refractivity contribution in [2.75, 3.05) is 22.5 Å². The minimum atomic E-state index is -0.120. The second-order valence-electron chi connectivity index (χ2n) is 6.08. The molecule has 3 N–H and O–H groups in total. The molecule has 0 saturated carbocycles. The van der Waals surface area contributed by atoms with E-state index in [1.165, 1.54) is 5.56 Å². The summed E-state index contributed by atoms with van der Waals surface area (Å²) < 4.78 is 0. The molecule has 0 aromatic heterocycles. The summed E-state index contributed by atoms with van der Waals surface area (Å²) in [5.74, 6) is -0.154. The first-order valence-electron chi connectivity index (χ1n) is 8.41. The summed E-state index contributed by atoms with van der Waals surface area (Å²) in [5, 5.41) is 8.87. The number of hydrogen-bond donors (Lipinski definition) is 3. The van der Waals surface area contributed by atoms with Gasteiger partial charge in [0.2, 0.25) is 11.8 Å². The Morgan fingerprint density at radius 3 is 2.28 bits per heavy atom. The fraction of sp³-hybridized carbons (Fsp3) is 0.300. The minimum Gasteiger partial charge on any atom is -0.376 e. The summed E-state index contributed by atoms with van der Waals surface area (Å²) >= 11 is 0. The lowest BCUT2D eigenvalue weighted by molar-refractivity contribution is -0.116. The molecule has 2 aromatic rings. The van der Waals surface area contributed by atoms with E-state index in [9.17, 15) is 9.59 Å². The molecule has 132 valence electrons. The minimum absolute atomic E-state index is 0.0345. The van der Waals surface area contributed by atoms with E-state index in [4.69, 9.17) is 0 Å². The van der Waals surface area contributed by atoms with Gasteiger partial charge in [-0.25, -0.2) is 0 Å². The maximum Gasteiger partial charge on any atom is 0.243 e. The van der Waals surface area contributed by atoms with E-state index in [-0.39, 0.29) is 18.4 Å². The van der Waals surface area contributed by atoms with Gasteiger partial charge in [0.05, 0.1) is 6.54 Å². The Kier molecular flexibility index (Phi) is 6.17. The SMILES string of the molecule is CCC(=O)Nc1cccc(NCC(=O)Nc2ccc(C)c(C)c2)c1C. The number of rotatable bonds is 6. The highest BCUT2D eigenvalue weighted by molar-refractivity contribution is 5.95. The van der Waals surface area contributed by atoms with Crippen molar-refractivity contribution in [1.29, 1.82) is 0 Å². The van der Waals surface area contributed by atoms with Gasteiger partial charge in [0.25, 0.3) is 0 Å². The van der Waals surface area contributed by atoms with Crippen LogP contribution in [0.1, 0.15) is 30.0 Å². The maximum atomic E-state index is 12.2. The number of amides is 2. The Morgan fingerprint density at radius 1 is 0.880 bits per heavy atom. The third-order valence-electron chi connectivity index (χ3n) is 4.16. The summed E-state index contributed by atoms with van der Waals surface area (Å²) in [6.07, 6.45) is 0.426. The van der Waals surface area contributed by atoms with Crippen molar-refractivity contribution in [2.45, 2.75) is 34.1 Å². The van der Waals surface area contributed by atoms with Crippen molar-refractivity contribution < 1.29 is 9.59 Å². The number of carbonyl (C=O) groups is 2. The van der Waals surface area contributed by atoms with Crippen molar-refractivity contribution in [3.8, 4) is 0 Å². The third kappa shape index (κ3) is 5.08. The predicted octanol–water partition coefficient (Wildman–Crippen LogP) is 4.01. The Labute approximate surface area is 148 Å². The van der Waals surface area contributed by atoms with Crippen LogP contribution in [-0.4, -0.2) is 18.4 Å². The quantitative estimate of drug-likeness (QED) is 0.745. The summed E-state index contributed by atoms with van der Waals surface area (Å²) in [5.41, 5.74) is 5.60. The lowest BCUT2D eigenvalue weighted by atomic mass is 10.1. The van der Waals surface area contributed by atoms with Crippen LogP contribution in [0.5, 0.6) is 0 Å². The zero-order valence-corrected chi connectivity index (χ0v) is 15.2. The summed E-state index contributed by atoms with van der Waals surface area (Å²) in [7, 11) is 0. The molecule has 0 heterocycles. The van der Waals surface area contributed by atoms with Crippen LogP contribution in [0.3, 0.4) is 0 Å². The van der Waals surface area contributed by atoms with E-state index in [1.54, 1.807) is 0 Å². The van der Waals surface area contributed by atoms with E-state index in [0.29, 0.717) is 6.42 Å². The molecule has 0 saturated heterocycles. The molecule has 5 nitrogen and oxygen atoms in total. The van der Waals surface area contributed by atoms with Gasteiger partial charge in [0, 0.05) is 23.5 Å². The van der Waals surface area contributed by atoms with Gasteiger partial charge in [-0.3, -0.25) is 9.59 Å². The normalized spacial score (nSPS) is 10.2. The molecule has 0 spiro atoms. The Balaban J connectivity index is 1.98. The van der Waals surface area contributed by atoms with Crippen LogP contribution < -0.4 is 16.0 Å². The number of benzene rings is 2. The first-order chi connectivity index (χ1) is 11.9. The zero-order valence-electron chi connectivity index (χ0n) is 15.2. The molecule has 2 aromatic carbocycles. The van der Waals surface area contributed by atoms with Crippen molar-refractivity contribution in [1.82, 2.24) is 0 Å².